The van der Waals surface area contributed by atoms with Crippen LogP contribution in [0.15, 0.2) is 0 Å². The smallest absolute Gasteiger partial charge is 0.348 e. The Balaban J connectivity index is 1.74. The van der Waals surface area contributed by atoms with E-state index in [0.29, 0.717) is 6.42 Å². The molecule has 31 heavy (non-hydrogen) atoms. The zero-order valence-corrected chi connectivity index (χ0v) is 18.1. The van der Waals surface area contributed by atoms with Gasteiger partial charge in [0.2, 0.25) is 6.10 Å². The van der Waals surface area contributed by atoms with Crippen LogP contribution in [0.5, 0.6) is 0 Å². The second-order valence-electron chi connectivity index (χ2n) is 10.6. The Morgan fingerprint density at radius 3 is 2.55 bits per heavy atom. The molecule has 9 nitrogen and oxygen atoms in total. The van der Waals surface area contributed by atoms with Gasteiger partial charge < -0.3 is 29.5 Å². The number of carbonyl (C=O) groups excluding carboxylic acids is 3. The summed E-state index contributed by atoms with van der Waals surface area (Å²) in [6.07, 6.45) is -4.07. The third kappa shape index (κ3) is 2.28. The van der Waals surface area contributed by atoms with Crippen molar-refractivity contribution in [3.8, 4) is 0 Å². The van der Waals surface area contributed by atoms with E-state index in [1.807, 2.05) is 6.92 Å². The molecule has 5 aliphatic rings. The van der Waals surface area contributed by atoms with Crippen molar-refractivity contribution in [2.24, 2.45) is 40.4 Å². The van der Waals surface area contributed by atoms with Gasteiger partial charge in [0, 0.05) is 36.0 Å². The predicted octanol–water partition coefficient (Wildman–Crippen LogP) is -0.212. The largest absolute Gasteiger partial charge is 0.459 e. The van der Waals surface area contributed by atoms with Crippen molar-refractivity contribution in [3.05, 3.63) is 0 Å². The highest BCUT2D eigenvalue weighted by Gasteiger charge is 2.83. The third-order valence-corrected chi connectivity index (χ3v) is 9.32. The highest BCUT2D eigenvalue weighted by Crippen LogP contribution is 2.74. The van der Waals surface area contributed by atoms with Crippen molar-refractivity contribution < 1.29 is 43.9 Å². The highest BCUT2D eigenvalue weighted by molar-refractivity contribution is 5.85. The van der Waals surface area contributed by atoms with Gasteiger partial charge in [0.05, 0.1) is 6.61 Å². The Bertz CT molecular complexity index is 858. The maximum atomic E-state index is 12.9. The van der Waals surface area contributed by atoms with Gasteiger partial charge in [-0.15, -0.1) is 0 Å². The predicted molar refractivity (Wildman–Crippen MR) is 102 cm³/mol. The monoisotopic (exact) mass is 438 g/mol. The van der Waals surface area contributed by atoms with Crippen molar-refractivity contribution in [2.75, 3.05) is 6.61 Å². The van der Waals surface area contributed by atoms with Crippen LogP contribution in [0, 0.1) is 40.4 Å². The number of ketones is 1. The number of esters is 2. The van der Waals surface area contributed by atoms with E-state index in [2.05, 4.69) is 0 Å². The van der Waals surface area contributed by atoms with E-state index in [9.17, 15) is 29.7 Å². The van der Waals surface area contributed by atoms with Crippen LogP contribution in [0.25, 0.3) is 0 Å². The minimum atomic E-state index is -2.02. The fraction of sp³-hybridized carbons (Fsp3) is 0.864. The van der Waals surface area contributed by atoms with E-state index >= 15 is 0 Å². The van der Waals surface area contributed by atoms with Gasteiger partial charge in [0.25, 0.3) is 0 Å². The van der Waals surface area contributed by atoms with Crippen LogP contribution in [-0.2, 0) is 28.6 Å². The van der Waals surface area contributed by atoms with Crippen LogP contribution >= 0.6 is 0 Å². The molecule has 5 rings (SSSR count). The number of aliphatic hydroxyl groups is 3. The molecule has 1 unspecified atom stereocenters. The van der Waals surface area contributed by atoms with Crippen molar-refractivity contribution in [1.29, 1.82) is 0 Å². The van der Waals surface area contributed by atoms with Gasteiger partial charge in [-0.25, -0.2) is 4.79 Å². The fourth-order valence-corrected chi connectivity index (χ4v) is 8.33. The molecule has 0 aromatic heterocycles. The van der Waals surface area contributed by atoms with Gasteiger partial charge in [-0.2, -0.15) is 0 Å². The highest BCUT2D eigenvalue weighted by atomic mass is 16.7. The molecule has 3 saturated carbocycles. The SMILES string of the molecule is CC(=O)O[C@H]1C(=O)O[C@@H]2CC3[C@@H](C)CC(=O)[C@@H](O)[C@]3(C)[C@H]3[C@@]4(O)OC[C@]32[C@H]1[C@@H](C)[C@H]4O. The lowest BCUT2D eigenvalue weighted by Gasteiger charge is -2.68. The summed E-state index contributed by atoms with van der Waals surface area (Å²) < 4.78 is 17.1. The summed E-state index contributed by atoms with van der Waals surface area (Å²) >= 11 is 0. The molecule has 9 heteroatoms. The van der Waals surface area contributed by atoms with Gasteiger partial charge >= 0.3 is 11.9 Å². The number of carbonyl (C=O) groups is 3. The third-order valence-electron chi connectivity index (χ3n) is 9.32. The molecule has 5 fully saturated rings. The number of aliphatic hydroxyl groups excluding tert-OH is 2. The van der Waals surface area contributed by atoms with Crippen LogP contribution < -0.4 is 0 Å². The molecule has 2 heterocycles. The average Bonchev–Trinajstić information content (AvgIpc) is 2.97. The molecule has 0 aromatic rings. The van der Waals surface area contributed by atoms with E-state index < -0.39 is 70.7 Å². The van der Waals surface area contributed by atoms with Gasteiger partial charge in [-0.05, 0) is 24.2 Å². The van der Waals surface area contributed by atoms with Crippen molar-refractivity contribution >= 4 is 17.7 Å². The topological polar surface area (TPSA) is 140 Å². The second-order valence-corrected chi connectivity index (χ2v) is 10.6. The maximum absolute atomic E-state index is 12.9. The zero-order chi connectivity index (χ0) is 22.7. The van der Waals surface area contributed by atoms with Gasteiger partial charge in [-0.3, -0.25) is 9.59 Å². The molecule has 0 radical (unpaired) electrons. The Kier molecular flexibility index (Phi) is 4.31. The Hall–Kier alpha value is -1.55. The molecular weight excluding hydrogens is 408 g/mol. The van der Waals surface area contributed by atoms with E-state index in [-0.39, 0.29) is 30.6 Å². The van der Waals surface area contributed by atoms with Gasteiger partial charge in [0.1, 0.15) is 18.3 Å². The van der Waals surface area contributed by atoms with Crippen LogP contribution in [-0.4, -0.2) is 69.9 Å². The molecule has 2 bridgehead atoms. The van der Waals surface area contributed by atoms with E-state index in [1.54, 1.807) is 13.8 Å². The van der Waals surface area contributed by atoms with Crippen LogP contribution in [0.2, 0.25) is 0 Å². The lowest BCUT2D eigenvalue weighted by atomic mass is 9.37. The number of ether oxygens (including phenoxy) is 3. The summed E-state index contributed by atoms with van der Waals surface area (Å²) in [6, 6.07) is 0. The first kappa shape index (κ1) is 21.3. The molecule has 3 N–H and O–H groups in total. The van der Waals surface area contributed by atoms with Crippen molar-refractivity contribution in [1.82, 2.24) is 0 Å². The average molecular weight is 438 g/mol. The number of rotatable bonds is 1. The van der Waals surface area contributed by atoms with Crippen LogP contribution in [0.1, 0.15) is 40.5 Å². The molecule has 12 atom stereocenters. The number of hydrogen-bond donors (Lipinski definition) is 3. The summed E-state index contributed by atoms with van der Waals surface area (Å²) in [6.45, 7) is 6.55. The second kappa shape index (κ2) is 6.27. The Morgan fingerprint density at radius 2 is 1.90 bits per heavy atom. The van der Waals surface area contributed by atoms with E-state index in [1.165, 1.54) is 6.92 Å². The van der Waals surface area contributed by atoms with Gasteiger partial charge in [-0.1, -0.05) is 20.8 Å². The minimum Gasteiger partial charge on any atom is -0.459 e. The maximum Gasteiger partial charge on any atom is 0.348 e. The lowest BCUT2D eigenvalue weighted by molar-refractivity contribution is -0.346. The van der Waals surface area contributed by atoms with Gasteiger partial charge in [0.15, 0.2) is 11.6 Å². The summed E-state index contributed by atoms with van der Waals surface area (Å²) in [4.78, 5) is 37.5. The first-order chi connectivity index (χ1) is 14.4. The molecule has 172 valence electrons. The summed E-state index contributed by atoms with van der Waals surface area (Å²) in [5, 5.41) is 34.0. The molecule has 2 saturated heterocycles. The van der Waals surface area contributed by atoms with Crippen LogP contribution in [0.4, 0.5) is 0 Å². The van der Waals surface area contributed by atoms with Crippen molar-refractivity contribution in [2.45, 2.75) is 70.7 Å². The summed E-state index contributed by atoms with van der Waals surface area (Å²) in [7, 11) is 0. The number of fused-ring (bicyclic) bond motifs is 1. The molecule has 1 spiro atoms. The Labute approximate surface area is 180 Å². The summed E-state index contributed by atoms with van der Waals surface area (Å²) in [5.74, 6) is -6.24. The van der Waals surface area contributed by atoms with E-state index in [0.717, 1.165) is 0 Å². The quantitative estimate of drug-likeness (QED) is 0.474. The lowest BCUT2D eigenvalue weighted by Crippen LogP contribution is -2.78. The number of hydrogen-bond acceptors (Lipinski definition) is 9. The first-order valence-corrected chi connectivity index (χ1v) is 11.0. The normalized spacial score (nSPS) is 57.6. The standard InChI is InChI=1S/C22H30O9/c1-8-5-12(24)17(26)20(4)11(8)6-13-21-7-29-22(28,19(20)21)16(25)9(2)14(21)15(18(27)31-13)30-10(3)23/h8-9,11,13-17,19,25-26,28H,5-7H2,1-4H3/t8-,9+,11?,13+,14-,15+,16+,17+,19+,20+,21-,22-/m0/s1. The molecule has 2 aliphatic heterocycles. The fourth-order valence-electron chi connectivity index (χ4n) is 8.33. The van der Waals surface area contributed by atoms with Crippen LogP contribution in [0.3, 0.4) is 0 Å². The Morgan fingerprint density at radius 1 is 1.23 bits per heavy atom. The molecule has 0 amide bonds. The minimum absolute atomic E-state index is 0.0342. The number of Topliss-reactive ketones (excluding diaryl/α,β-unsaturated/α-hetero) is 1. The van der Waals surface area contributed by atoms with E-state index in [4.69, 9.17) is 14.2 Å². The molecule has 3 aliphatic carbocycles. The zero-order valence-electron chi connectivity index (χ0n) is 18.1. The molecular formula is C22H30O9. The molecule has 0 aromatic carbocycles. The summed E-state index contributed by atoms with van der Waals surface area (Å²) in [5.41, 5.74) is -2.12. The first-order valence-electron chi connectivity index (χ1n) is 11.0. The van der Waals surface area contributed by atoms with Crippen molar-refractivity contribution in [3.63, 3.8) is 0 Å².